The zero-order chi connectivity index (χ0) is 17.1. The molecular formula is C18H15BrFNO3. The van der Waals surface area contributed by atoms with E-state index in [0.29, 0.717) is 13.0 Å². The van der Waals surface area contributed by atoms with Crippen molar-refractivity contribution in [3.05, 3.63) is 64.4 Å². The molecule has 1 amide bonds. The lowest BCUT2D eigenvalue weighted by molar-refractivity contribution is -0.117. The van der Waals surface area contributed by atoms with Gasteiger partial charge in [0, 0.05) is 24.6 Å². The Morgan fingerprint density at radius 1 is 1.21 bits per heavy atom. The van der Waals surface area contributed by atoms with E-state index in [-0.39, 0.29) is 28.5 Å². The van der Waals surface area contributed by atoms with Crippen molar-refractivity contribution in [3.63, 3.8) is 0 Å². The molecule has 1 atom stereocenters. The summed E-state index contributed by atoms with van der Waals surface area (Å²) in [6.45, 7) is 0.622. The molecule has 124 valence electrons. The first-order valence-electron chi connectivity index (χ1n) is 7.53. The third-order valence-electron chi connectivity index (χ3n) is 3.89. The third kappa shape index (κ3) is 3.48. The molecule has 6 heteroatoms. The quantitative estimate of drug-likeness (QED) is 0.744. The van der Waals surface area contributed by atoms with Gasteiger partial charge in [-0.15, -0.1) is 0 Å². The van der Waals surface area contributed by atoms with Crippen LogP contribution < -0.4 is 4.90 Å². The Bertz CT molecular complexity index is 766. The topological polar surface area (TPSA) is 46.6 Å². The lowest BCUT2D eigenvalue weighted by Gasteiger charge is -2.16. The Hall–Kier alpha value is -2.21. The molecule has 1 saturated heterocycles. The zero-order valence-electron chi connectivity index (χ0n) is 12.7. The Kier molecular flexibility index (Phi) is 4.94. The van der Waals surface area contributed by atoms with E-state index in [1.54, 1.807) is 4.90 Å². The maximum atomic E-state index is 13.5. The summed E-state index contributed by atoms with van der Waals surface area (Å²) in [4.78, 5) is 25.9. The number of benzene rings is 2. The molecule has 0 radical (unpaired) electrons. The first-order valence-corrected chi connectivity index (χ1v) is 8.32. The van der Waals surface area contributed by atoms with Crippen molar-refractivity contribution in [2.45, 2.75) is 6.42 Å². The lowest BCUT2D eigenvalue weighted by atomic mass is 10.1. The number of nitrogens with zero attached hydrogens (tertiary/aromatic N) is 1. The van der Waals surface area contributed by atoms with Crippen molar-refractivity contribution >= 4 is 33.5 Å². The van der Waals surface area contributed by atoms with E-state index in [9.17, 15) is 14.0 Å². The largest absolute Gasteiger partial charge is 0.462 e. The van der Waals surface area contributed by atoms with Gasteiger partial charge in [0.05, 0.1) is 16.6 Å². The molecule has 0 aromatic heterocycles. The van der Waals surface area contributed by atoms with Crippen LogP contribution in [-0.2, 0) is 9.53 Å². The van der Waals surface area contributed by atoms with Crippen LogP contribution in [-0.4, -0.2) is 25.0 Å². The second-order valence-corrected chi connectivity index (χ2v) is 6.40. The van der Waals surface area contributed by atoms with Crippen LogP contribution in [0.15, 0.2) is 53.0 Å². The molecule has 1 unspecified atom stereocenters. The van der Waals surface area contributed by atoms with Crippen LogP contribution in [0.5, 0.6) is 0 Å². The van der Waals surface area contributed by atoms with Crippen LogP contribution in [0.2, 0.25) is 0 Å². The zero-order valence-corrected chi connectivity index (χ0v) is 14.3. The van der Waals surface area contributed by atoms with Crippen LogP contribution in [0.3, 0.4) is 0 Å². The number of carbonyl (C=O) groups excluding carboxylic acids is 2. The maximum Gasteiger partial charge on any atom is 0.339 e. The highest BCUT2D eigenvalue weighted by Gasteiger charge is 2.31. The molecule has 4 nitrogen and oxygen atoms in total. The van der Waals surface area contributed by atoms with Gasteiger partial charge >= 0.3 is 5.97 Å². The summed E-state index contributed by atoms with van der Waals surface area (Å²) in [5.74, 6) is -1.19. The van der Waals surface area contributed by atoms with E-state index < -0.39 is 11.8 Å². The molecule has 0 bridgehead atoms. The highest BCUT2D eigenvalue weighted by atomic mass is 79.9. The minimum absolute atomic E-state index is 0.00850. The number of halogens is 2. The van der Waals surface area contributed by atoms with Crippen molar-refractivity contribution < 1.29 is 18.7 Å². The highest BCUT2D eigenvalue weighted by Crippen LogP contribution is 2.26. The van der Waals surface area contributed by atoms with Gasteiger partial charge in [0.25, 0.3) is 0 Å². The van der Waals surface area contributed by atoms with Crippen LogP contribution >= 0.6 is 15.9 Å². The predicted molar refractivity (Wildman–Crippen MR) is 91.3 cm³/mol. The Morgan fingerprint density at radius 2 is 1.96 bits per heavy atom. The summed E-state index contributed by atoms with van der Waals surface area (Å²) in [6.07, 6.45) is 0.326. The van der Waals surface area contributed by atoms with Crippen molar-refractivity contribution in [1.29, 1.82) is 0 Å². The lowest BCUT2D eigenvalue weighted by Crippen LogP contribution is -2.25. The molecule has 1 fully saturated rings. The van der Waals surface area contributed by atoms with E-state index >= 15 is 0 Å². The van der Waals surface area contributed by atoms with Crippen molar-refractivity contribution in [2.24, 2.45) is 5.92 Å². The highest BCUT2D eigenvalue weighted by molar-refractivity contribution is 9.10. The van der Waals surface area contributed by atoms with Crippen LogP contribution in [0.4, 0.5) is 10.1 Å². The Morgan fingerprint density at radius 3 is 2.71 bits per heavy atom. The Labute approximate surface area is 147 Å². The van der Waals surface area contributed by atoms with Gasteiger partial charge < -0.3 is 9.64 Å². The first kappa shape index (κ1) is 16.6. The summed E-state index contributed by atoms with van der Waals surface area (Å²) in [5, 5.41) is 0. The minimum Gasteiger partial charge on any atom is -0.462 e. The van der Waals surface area contributed by atoms with Crippen LogP contribution in [0, 0.1) is 11.7 Å². The summed E-state index contributed by atoms with van der Waals surface area (Å²) in [6, 6.07) is 13.6. The second kappa shape index (κ2) is 7.13. The molecule has 3 rings (SSSR count). The number of hydrogen-bond acceptors (Lipinski definition) is 3. The van der Waals surface area contributed by atoms with Gasteiger partial charge in [-0.3, -0.25) is 4.79 Å². The van der Waals surface area contributed by atoms with Gasteiger partial charge in [-0.1, -0.05) is 24.3 Å². The SMILES string of the molecule is O=C(OCC1CC(=O)N(c2ccccc2)C1)c1cccc(F)c1Br. The van der Waals surface area contributed by atoms with Gasteiger partial charge in [-0.2, -0.15) is 0 Å². The number of hydrogen-bond donors (Lipinski definition) is 0. The van der Waals surface area contributed by atoms with E-state index in [1.165, 1.54) is 18.2 Å². The van der Waals surface area contributed by atoms with Crippen molar-refractivity contribution in [1.82, 2.24) is 0 Å². The summed E-state index contributed by atoms with van der Waals surface area (Å²) in [7, 11) is 0. The van der Waals surface area contributed by atoms with Crippen molar-refractivity contribution in [2.75, 3.05) is 18.1 Å². The standard InChI is InChI=1S/C18H15BrFNO3/c19-17-14(7-4-8-15(17)20)18(23)24-11-12-9-16(22)21(10-12)13-5-2-1-3-6-13/h1-8,12H,9-11H2. The first-order chi connectivity index (χ1) is 11.6. The normalized spacial score (nSPS) is 17.2. The summed E-state index contributed by atoms with van der Waals surface area (Å²) < 4.78 is 18.8. The summed E-state index contributed by atoms with van der Waals surface area (Å²) in [5.41, 5.74) is 0.975. The average molecular weight is 392 g/mol. The van der Waals surface area contributed by atoms with E-state index in [1.807, 2.05) is 30.3 Å². The molecule has 1 aliphatic rings. The molecule has 1 heterocycles. The number of anilines is 1. The van der Waals surface area contributed by atoms with Gasteiger partial charge in [-0.05, 0) is 40.2 Å². The molecule has 0 aliphatic carbocycles. The van der Waals surface area contributed by atoms with E-state index in [4.69, 9.17) is 4.74 Å². The number of carbonyl (C=O) groups is 2. The molecule has 0 saturated carbocycles. The minimum atomic E-state index is -0.605. The van der Waals surface area contributed by atoms with E-state index in [2.05, 4.69) is 15.9 Å². The van der Waals surface area contributed by atoms with Gasteiger partial charge in [0.2, 0.25) is 5.91 Å². The van der Waals surface area contributed by atoms with Crippen LogP contribution in [0.1, 0.15) is 16.8 Å². The van der Waals surface area contributed by atoms with Crippen LogP contribution in [0.25, 0.3) is 0 Å². The molecule has 0 N–H and O–H groups in total. The fraction of sp³-hybridized carbons (Fsp3) is 0.222. The van der Waals surface area contributed by atoms with Crippen molar-refractivity contribution in [3.8, 4) is 0 Å². The molecule has 2 aromatic rings. The monoisotopic (exact) mass is 391 g/mol. The fourth-order valence-electron chi connectivity index (χ4n) is 2.68. The molecule has 2 aromatic carbocycles. The maximum absolute atomic E-state index is 13.5. The van der Waals surface area contributed by atoms with Gasteiger partial charge in [0.15, 0.2) is 0 Å². The molecule has 0 spiro atoms. The predicted octanol–water partition coefficient (Wildman–Crippen LogP) is 3.80. The van der Waals surface area contributed by atoms with Gasteiger partial charge in [-0.25, -0.2) is 9.18 Å². The second-order valence-electron chi connectivity index (χ2n) is 5.61. The number of rotatable bonds is 4. The van der Waals surface area contributed by atoms with Gasteiger partial charge in [0.1, 0.15) is 5.82 Å². The van der Waals surface area contributed by atoms with E-state index in [0.717, 1.165) is 5.69 Å². The summed E-state index contributed by atoms with van der Waals surface area (Å²) >= 11 is 3.05. The number of amides is 1. The fourth-order valence-corrected chi connectivity index (χ4v) is 3.11. The Balaban J connectivity index is 1.61. The smallest absolute Gasteiger partial charge is 0.339 e. The average Bonchev–Trinajstić information content (AvgIpc) is 2.97. The molecule has 1 aliphatic heterocycles. The number of esters is 1. The number of para-hydroxylation sites is 1. The molecular weight excluding hydrogens is 377 g/mol. The third-order valence-corrected chi connectivity index (χ3v) is 4.70. The number of ether oxygens (including phenoxy) is 1. The molecule has 24 heavy (non-hydrogen) atoms.